The van der Waals surface area contributed by atoms with Crippen molar-refractivity contribution in [3.8, 4) is 0 Å². The van der Waals surface area contributed by atoms with Crippen molar-refractivity contribution < 1.29 is 48.6 Å². The van der Waals surface area contributed by atoms with Gasteiger partial charge in [-0.05, 0) is 32.2 Å². The van der Waals surface area contributed by atoms with E-state index in [9.17, 15) is 25.2 Å². The zero-order valence-corrected chi connectivity index (χ0v) is 21.1. The topological polar surface area (TPSA) is 277 Å². The Bertz CT molecular complexity index is 760. The smallest absolute Gasteiger partial charge is 0.249 e. The van der Waals surface area contributed by atoms with E-state index in [1.807, 2.05) is 0 Å². The van der Waals surface area contributed by atoms with Gasteiger partial charge in [0.2, 0.25) is 5.91 Å². The summed E-state index contributed by atoms with van der Waals surface area (Å²) >= 11 is 0. The SMILES string of the molecule is NCC[C@H](O)C(=O)N[C@@H]1C[C@H](N)[C@@H](O[C@H]2O[C@H](CN)CC[C@H]2N)[C@@H](F)[C@H]1O[C@H]1O[C@H](CO)[C@@H](O)[C@H](N)[C@H]1O. The van der Waals surface area contributed by atoms with Crippen LogP contribution >= 0.6 is 0 Å². The number of alkyl halides is 1. The third kappa shape index (κ3) is 7.14. The van der Waals surface area contributed by atoms with Gasteiger partial charge in [-0.15, -0.1) is 0 Å². The van der Waals surface area contributed by atoms with Gasteiger partial charge in [0.15, 0.2) is 18.8 Å². The molecule has 0 unspecified atom stereocenters. The molecule has 2 saturated heterocycles. The summed E-state index contributed by atoms with van der Waals surface area (Å²) in [6.07, 6.45) is -12.3. The molecule has 15 nitrogen and oxygen atoms in total. The highest BCUT2D eigenvalue weighted by molar-refractivity contribution is 5.80. The van der Waals surface area contributed by atoms with Crippen LogP contribution in [-0.2, 0) is 23.7 Å². The quantitative estimate of drug-likeness (QED) is 0.121. The zero-order chi connectivity index (χ0) is 28.1. The predicted octanol–water partition coefficient (Wildman–Crippen LogP) is -5.42. The van der Waals surface area contributed by atoms with Crippen LogP contribution in [0.25, 0.3) is 0 Å². The molecule has 16 heteroatoms. The number of carbonyl (C=O) groups excluding carboxylic acids is 1. The Labute approximate surface area is 220 Å². The van der Waals surface area contributed by atoms with Crippen molar-refractivity contribution in [2.75, 3.05) is 19.7 Å². The summed E-state index contributed by atoms with van der Waals surface area (Å²) in [7, 11) is 0. The summed E-state index contributed by atoms with van der Waals surface area (Å²) in [5, 5.41) is 42.8. The van der Waals surface area contributed by atoms with Crippen molar-refractivity contribution in [3.05, 3.63) is 0 Å². The summed E-state index contributed by atoms with van der Waals surface area (Å²) in [5.41, 5.74) is 29.4. The Balaban J connectivity index is 1.82. The molecule has 222 valence electrons. The summed E-state index contributed by atoms with van der Waals surface area (Å²) in [6, 6.07) is -3.89. The van der Waals surface area contributed by atoms with E-state index in [1.54, 1.807) is 0 Å². The first-order valence-electron chi connectivity index (χ1n) is 12.9. The molecule has 15 N–H and O–H groups in total. The predicted molar refractivity (Wildman–Crippen MR) is 130 cm³/mol. The molecule has 3 fully saturated rings. The van der Waals surface area contributed by atoms with Gasteiger partial charge >= 0.3 is 0 Å². The molecule has 2 aliphatic heterocycles. The lowest BCUT2D eigenvalue weighted by molar-refractivity contribution is -0.308. The summed E-state index contributed by atoms with van der Waals surface area (Å²) < 4.78 is 39.1. The molecule has 2 heterocycles. The normalized spacial score (nSPS) is 44.9. The molecule has 14 atom stereocenters. The first-order valence-corrected chi connectivity index (χ1v) is 12.9. The molecule has 0 aromatic carbocycles. The van der Waals surface area contributed by atoms with Gasteiger partial charge in [-0.3, -0.25) is 4.79 Å². The number of aliphatic hydroxyl groups excluding tert-OH is 4. The van der Waals surface area contributed by atoms with Gasteiger partial charge in [0.05, 0.1) is 30.8 Å². The molecule has 38 heavy (non-hydrogen) atoms. The van der Waals surface area contributed by atoms with Crippen molar-refractivity contribution in [1.29, 1.82) is 0 Å². The van der Waals surface area contributed by atoms with E-state index in [2.05, 4.69) is 5.32 Å². The van der Waals surface area contributed by atoms with E-state index in [0.717, 1.165) is 0 Å². The van der Waals surface area contributed by atoms with Gasteiger partial charge in [0.25, 0.3) is 0 Å². The van der Waals surface area contributed by atoms with Crippen LogP contribution in [0.1, 0.15) is 25.7 Å². The number of rotatable bonds is 10. The molecule has 1 saturated carbocycles. The average molecular weight is 555 g/mol. The summed E-state index contributed by atoms with van der Waals surface area (Å²) in [6.45, 7) is -0.383. The number of aliphatic hydroxyl groups is 4. The minimum Gasteiger partial charge on any atom is -0.394 e. The second kappa shape index (κ2) is 14.0. The Morgan fingerprint density at radius 2 is 1.71 bits per heavy atom. The van der Waals surface area contributed by atoms with Crippen LogP contribution in [-0.4, -0.2) is 132 Å². The Morgan fingerprint density at radius 1 is 1.03 bits per heavy atom. The number of nitrogens with two attached hydrogens (primary N) is 5. The van der Waals surface area contributed by atoms with E-state index in [1.165, 1.54) is 0 Å². The monoisotopic (exact) mass is 554 g/mol. The highest BCUT2D eigenvalue weighted by atomic mass is 19.1. The fourth-order valence-electron chi connectivity index (χ4n) is 4.98. The molecule has 0 radical (unpaired) electrons. The molecule has 3 aliphatic rings. The first kappa shape index (κ1) is 31.4. The van der Waals surface area contributed by atoms with Gasteiger partial charge < -0.3 is 73.4 Å². The maximum Gasteiger partial charge on any atom is 0.249 e. The van der Waals surface area contributed by atoms with Gasteiger partial charge in [-0.2, -0.15) is 0 Å². The fourth-order valence-corrected chi connectivity index (χ4v) is 4.98. The lowest BCUT2D eigenvalue weighted by Gasteiger charge is -2.47. The number of hydrogen-bond donors (Lipinski definition) is 10. The van der Waals surface area contributed by atoms with Crippen LogP contribution in [0.5, 0.6) is 0 Å². The summed E-state index contributed by atoms with van der Waals surface area (Å²) in [4.78, 5) is 12.5. The second-order valence-corrected chi connectivity index (χ2v) is 10.1. The third-order valence-electron chi connectivity index (χ3n) is 7.32. The standard InChI is InChI=1S/C22H43FN6O9/c23-14-18(37-21-9(26)2-1-8(6-25)35-21)10(27)5-11(29-20(34)12(31)3-4-24)19(14)38-22-17(33)15(28)16(32)13(7-30)36-22/h8-19,21-22,30-33H,1-7,24-28H2,(H,29,34)/t8-,9+,10-,11+,12-,13+,14+,15-,16+,17+,18+,19-,21+,22+/m0/s1. The number of hydrogen-bond acceptors (Lipinski definition) is 14. The molecular formula is C22H43FN6O9. The number of nitrogens with one attached hydrogen (secondary N) is 1. The highest BCUT2D eigenvalue weighted by Gasteiger charge is 2.52. The van der Waals surface area contributed by atoms with Gasteiger partial charge in [-0.25, -0.2) is 4.39 Å². The van der Waals surface area contributed by atoms with Gasteiger partial charge in [-0.1, -0.05) is 0 Å². The van der Waals surface area contributed by atoms with Crippen LogP contribution in [0.3, 0.4) is 0 Å². The average Bonchev–Trinajstić information content (AvgIpc) is 2.89. The number of amides is 1. The highest BCUT2D eigenvalue weighted by Crippen LogP contribution is 2.33. The maximum absolute atomic E-state index is 16.2. The summed E-state index contributed by atoms with van der Waals surface area (Å²) in [5.74, 6) is -0.818. The Kier molecular flexibility index (Phi) is 11.6. The second-order valence-electron chi connectivity index (χ2n) is 10.1. The van der Waals surface area contributed by atoms with Crippen LogP contribution in [0.2, 0.25) is 0 Å². The number of ether oxygens (including phenoxy) is 4. The molecule has 1 aliphatic carbocycles. The molecule has 0 bridgehead atoms. The molecule has 1 amide bonds. The van der Waals surface area contributed by atoms with Gasteiger partial charge in [0, 0.05) is 12.6 Å². The van der Waals surface area contributed by atoms with Crippen molar-refractivity contribution in [2.24, 2.45) is 28.7 Å². The van der Waals surface area contributed by atoms with Crippen LogP contribution < -0.4 is 34.0 Å². The van der Waals surface area contributed by atoms with Crippen molar-refractivity contribution >= 4 is 5.91 Å². The van der Waals surface area contributed by atoms with Crippen molar-refractivity contribution in [3.63, 3.8) is 0 Å². The third-order valence-corrected chi connectivity index (χ3v) is 7.32. The van der Waals surface area contributed by atoms with E-state index < -0.39 is 92.1 Å². The largest absolute Gasteiger partial charge is 0.394 e. The van der Waals surface area contributed by atoms with E-state index in [0.29, 0.717) is 12.8 Å². The van der Waals surface area contributed by atoms with E-state index >= 15 is 4.39 Å². The molecule has 0 aromatic heterocycles. The van der Waals surface area contributed by atoms with Gasteiger partial charge in [0.1, 0.15) is 36.6 Å². The van der Waals surface area contributed by atoms with Crippen LogP contribution in [0.15, 0.2) is 0 Å². The minimum atomic E-state index is -2.00. The fraction of sp³-hybridized carbons (Fsp3) is 0.955. The van der Waals surface area contributed by atoms with E-state index in [-0.39, 0.29) is 32.0 Å². The van der Waals surface area contributed by atoms with Crippen molar-refractivity contribution in [2.45, 2.75) is 111 Å². The van der Waals surface area contributed by atoms with Crippen LogP contribution in [0.4, 0.5) is 4.39 Å². The van der Waals surface area contributed by atoms with Crippen LogP contribution in [0, 0.1) is 0 Å². The zero-order valence-electron chi connectivity index (χ0n) is 21.1. The van der Waals surface area contributed by atoms with Crippen molar-refractivity contribution in [1.82, 2.24) is 5.32 Å². The lowest BCUT2D eigenvalue weighted by atomic mass is 9.84. The number of halogens is 1. The number of carbonyl (C=O) groups is 1. The first-order chi connectivity index (χ1) is 18.0. The Hall–Kier alpha value is -1.12. The molecule has 0 aromatic rings. The maximum atomic E-state index is 16.2. The molecular weight excluding hydrogens is 511 g/mol. The van der Waals surface area contributed by atoms with E-state index in [4.69, 9.17) is 47.6 Å². The Morgan fingerprint density at radius 3 is 2.34 bits per heavy atom. The minimum absolute atomic E-state index is 0.0322. The molecule has 0 spiro atoms. The molecule has 3 rings (SSSR count). The lowest BCUT2D eigenvalue weighted by Crippen LogP contribution is -2.68.